The van der Waals surface area contributed by atoms with Crippen molar-refractivity contribution in [3.8, 4) is 6.07 Å². The van der Waals surface area contributed by atoms with Crippen molar-refractivity contribution in [1.29, 1.82) is 5.26 Å². The van der Waals surface area contributed by atoms with Crippen molar-refractivity contribution in [2.75, 3.05) is 30.3 Å². The Morgan fingerprint density at radius 2 is 2.06 bits per heavy atom. The fourth-order valence-electron chi connectivity index (χ4n) is 4.68. The number of H-pyrrole nitrogens is 1. The van der Waals surface area contributed by atoms with Gasteiger partial charge in [0, 0.05) is 55.5 Å². The van der Waals surface area contributed by atoms with Gasteiger partial charge in [0.15, 0.2) is 5.82 Å². The molecule has 32 heavy (non-hydrogen) atoms. The Bertz CT molecular complexity index is 972. The number of aromatic amines is 1. The van der Waals surface area contributed by atoms with Crippen molar-refractivity contribution in [2.24, 2.45) is 0 Å². The predicted molar refractivity (Wildman–Crippen MR) is 118 cm³/mol. The Balaban J connectivity index is 1.50. The number of piperidine rings is 1. The third-order valence-corrected chi connectivity index (χ3v) is 6.02. The number of nitrogens with zero attached hydrogens (tertiary/aromatic N) is 5. The number of nitrogens with one attached hydrogen (secondary N) is 4. The van der Waals surface area contributed by atoms with Crippen LogP contribution in [0.4, 0.5) is 17.6 Å². The van der Waals surface area contributed by atoms with Gasteiger partial charge in [0.25, 0.3) is 5.91 Å². The Morgan fingerprint density at radius 3 is 2.72 bits per heavy atom. The van der Waals surface area contributed by atoms with Crippen LogP contribution in [0.2, 0.25) is 0 Å². The lowest BCUT2D eigenvalue weighted by atomic mass is 9.97. The lowest BCUT2D eigenvalue weighted by molar-refractivity contribution is 0.0939. The second-order valence-corrected chi connectivity index (χ2v) is 8.35. The molecule has 5 N–H and O–H groups in total. The number of aromatic nitrogens is 4. The van der Waals surface area contributed by atoms with Gasteiger partial charge >= 0.3 is 0 Å². The normalized spacial score (nSPS) is 22.3. The van der Waals surface area contributed by atoms with Crippen LogP contribution in [0.3, 0.4) is 0 Å². The number of rotatable bonds is 9. The van der Waals surface area contributed by atoms with Crippen molar-refractivity contribution in [3.63, 3.8) is 0 Å². The molecule has 0 saturated carbocycles. The van der Waals surface area contributed by atoms with Gasteiger partial charge in [0.2, 0.25) is 5.95 Å². The highest BCUT2D eigenvalue weighted by molar-refractivity contribution is 5.93. The number of aryl methyl sites for hydroxylation is 1. The minimum absolute atomic E-state index is 0.146. The van der Waals surface area contributed by atoms with Gasteiger partial charge in [-0.15, -0.1) is 0 Å². The molecule has 0 radical (unpaired) electrons. The molecule has 4 rings (SSSR count). The van der Waals surface area contributed by atoms with E-state index < -0.39 is 0 Å². The van der Waals surface area contributed by atoms with Crippen molar-refractivity contribution in [3.05, 3.63) is 23.5 Å². The van der Waals surface area contributed by atoms with Crippen LogP contribution in [-0.4, -0.2) is 73.9 Å². The van der Waals surface area contributed by atoms with Crippen LogP contribution < -0.4 is 16.0 Å². The van der Waals surface area contributed by atoms with E-state index in [1.165, 1.54) is 0 Å². The van der Waals surface area contributed by atoms with Gasteiger partial charge < -0.3 is 21.1 Å². The van der Waals surface area contributed by atoms with E-state index in [0.29, 0.717) is 36.1 Å². The maximum Gasteiger partial charge on any atom is 0.270 e. The number of carbonyl (C=O) groups is 1. The third kappa shape index (κ3) is 5.15. The summed E-state index contributed by atoms with van der Waals surface area (Å²) in [6.07, 6.45) is 4.75. The molecule has 0 aliphatic carbocycles. The Kier molecular flexibility index (Phi) is 6.82. The molecule has 2 aliphatic heterocycles. The molecule has 1 amide bonds. The minimum atomic E-state index is -0.378. The molecule has 2 aromatic heterocycles. The van der Waals surface area contributed by atoms with E-state index in [2.05, 4.69) is 47.1 Å². The number of anilines is 3. The lowest BCUT2D eigenvalue weighted by Crippen LogP contribution is -2.47. The van der Waals surface area contributed by atoms with E-state index in [1.54, 1.807) is 6.07 Å². The topological polar surface area (TPSA) is 155 Å². The number of aliphatic hydroxyl groups excluding tert-OH is 1. The van der Waals surface area contributed by atoms with Crippen LogP contribution in [0.1, 0.15) is 48.3 Å². The molecule has 2 unspecified atom stereocenters. The summed E-state index contributed by atoms with van der Waals surface area (Å²) >= 11 is 0. The standard InChI is InChI=1S/C21H29N9O2/c1-13-9-19(29-28-13)26-18-12-17(20(32)23-6-8-31)25-21(27-18)24-14-10-15-3-4-16(11-14)30(15)7-2-5-22/h9,12,14-16,31H,2-4,6-8,10-11H2,1H3,(H,23,32)(H3,24,25,26,27,28,29). The summed E-state index contributed by atoms with van der Waals surface area (Å²) in [6.45, 7) is 2.73. The zero-order chi connectivity index (χ0) is 22.5. The molecule has 0 spiro atoms. The van der Waals surface area contributed by atoms with Gasteiger partial charge in [0.1, 0.15) is 11.5 Å². The van der Waals surface area contributed by atoms with E-state index in [4.69, 9.17) is 10.4 Å². The average Bonchev–Trinajstić information content (AvgIpc) is 3.28. The summed E-state index contributed by atoms with van der Waals surface area (Å²) in [5.74, 6) is 1.05. The second kappa shape index (κ2) is 9.93. The summed E-state index contributed by atoms with van der Waals surface area (Å²) in [4.78, 5) is 23.9. The summed E-state index contributed by atoms with van der Waals surface area (Å²) in [7, 11) is 0. The molecule has 4 heterocycles. The Labute approximate surface area is 186 Å². The van der Waals surface area contributed by atoms with Crippen molar-refractivity contribution in [2.45, 2.75) is 57.2 Å². The number of carbonyl (C=O) groups excluding carboxylic acids is 1. The lowest BCUT2D eigenvalue weighted by Gasteiger charge is -2.38. The van der Waals surface area contributed by atoms with Crippen molar-refractivity contribution in [1.82, 2.24) is 30.4 Å². The molecule has 2 bridgehead atoms. The first kappa shape index (κ1) is 22.0. The molecule has 11 nitrogen and oxygen atoms in total. The van der Waals surface area contributed by atoms with Gasteiger partial charge in [-0.1, -0.05) is 0 Å². The number of aliphatic hydroxyl groups is 1. The first-order chi connectivity index (χ1) is 15.6. The van der Waals surface area contributed by atoms with Crippen molar-refractivity contribution >= 4 is 23.5 Å². The summed E-state index contributed by atoms with van der Waals surface area (Å²) in [5.41, 5.74) is 1.11. The maximum absolute atomic E-state index is 12.5. The third-order valence-electron chi connectivity index (χ3n) is 6.02. The molecular formula is C21H29N9O2. The SMILES string of the molecule is Cc1cc(Nc2cc(C(=O)NCCO)nc(NC3CC4CCC(C3)N4CCC#N)n2)n[nH]1. The fourth-order valence-corrected chi connectivity index (χ4v) is 4.68. The first-order valence-electron chi connectivity index (χ1n) is 11.0. The smallest absolute Gasteiger partial charge is 0.270 e. The summed E-state index contributed by atoms with van der Waals surface area (Å²) in [6, 6.07) is 6.77. The predicted octanol–water partition coefficient (Wildman–Crippen LogP) is 1.29. The number of hydrogen-bond acceptors (Lipinski definition) is 9. The highest BCUT2D eigenvalue weighted by Crippen LogP contribution is 2.36. The molecule has 2 atom stereocenters. The molecule has 170 valence electrons. The zero-order valence-corrected chi connectivity index (χ0v) is 18.1. The van der Waals surface area contributed by atoms with Gasteiger partial charge in [-0.05, 0) is 32.6 Å². The van der Waals surface area contributed by atoms with Crippen LogP contribution in [0, 0.1) is 18.3 Å². The van der Waals surface area contributed by atoms with E-state index in [-0.39, 0.29) is 30.8 Å². The number of hydrogen-bond donors (Lipinski definition) is 5. The van der Waals surface area contributed by atoms with Crippen LogP contribution >= 0.6 is 0 Å². The highest BCUT2D eigenvalue weighted by atomic mass is 16.3. The molecule has 0 aromatic carbocycles. The molecule has 2 aromatic rings. The number of amides is 1. The summed E-state index contributed by atoms with van der Waals surface area (Å²) in [5, 5.41) is 34.1. The minimum Gasteiger partial charge on any atom is -0.395 e. The molecular weight excluding hydrogens is 410 g/mol. The molecule has 2 fully saturated rings. The Hall–Kier alpha value is -3.23. The fraction of sp³-hybridized carbons (Fsp3) is 0.571. The van der Waals surface area contributed by atoms with Gasteiger partial charge in [-0.2, -0.15) is 15.3 Å². The van der Waals surface area contributed by atoms with Crippen molar-refractivity contribution < 1.29 is 9.90 Å². The monoisotopic (exact) mass is 439 g/mol. The molecule has 2 saturated heterocycles. The second-order valence-electron chi connectivity index (χ2n) is 8.35. The van der Waals surface area contributed by atoms with Crippen LogP contribution in [-0.2, 0) is 0 Å². The van der Waals surface area contributed by atoms with E-state index in [9.17, 15) is 4.79 Å². The zero-order valence-electron chi connectivity index (χ0n) is 18.1. The first-order valence-corrected chi connectivity index (χ1v) is 11.0. The van der Waals surface area contributed by atoms with Crippen LogP contribution in [0.15, 0.2) is 12.1 Å². The van der Waals surface area contributed by atoms with E-state index in [0.717, 1.165) is 37.9 Å². The van der Waals surface area contributed by atoms with Gasteiger partial charge in [-0.25, -0.2) is 4.98 Å². The molecule has 2 aliphatic rings. The van der Waals surface area contributed by atoms with Gasteiger partial charge in [0.05, 0.1) is 12.7 Å². The van der Waals surface area contributed by atoms with E-state index >= 15 is 0 Å². The van der Waals surface area contributed by atoms with Crippen LogP contribution in [0.5, 0.6) is 0 Å². The van der Waals surface area contributed by atoms with Gasteiger partial charge in [-0.3, -0.25) is 14.8 Å². The maximum atomic E-state index is 12.5. The highest BCUT2D eigenvalue weighted by Gasteiger charge is 2.40. The number of nitriles is 1. The largest absolute Gasteiger partial charge is 0.395 e. The number of fused-ring (bicyclic) bond motifs is 2. The quantitative estimate of drug-likeness (QED) is 0.389. The average molecular weight is 440 g/mol. The molecule has 11 heteroatoms. The Morgan fingerprint density at radius 1 is 1.28 bits per heavy atom. The van der Waals surface area contributed by atoms with E-state index in [1.807, 2.05) is 13.0 Å². The summed E-state index contributed by atoms with van der Waals surface area (Å²) < 4.78 is 0. The van der Waals surface area contributed by atoms with Crippen LogP contribution in [0.25, 0.3) is 0 Å².